The van der Waals surface area contributed by atoms with Gasteiger partial charge in [-0.25, -0.2) is 0 Å². The lowest BCUT2D eigenvalue weighted by Crippen LogP contribution is -2.17. The van der Waals surface area contributed by atoms with Crippen LogP contribution in [-0.4, -0.2) is 18.1 Å². The Morgan fingerprint density at radius 2 is 2.05 bits per heavy atom. The Morgan fingerprint density at radius 1 is 1.33 bits per heavy atom. The molecule has 0 aliphatic heterocycles. The molecule has 0 radical (unpaired) electrons. The van der Waals surface area contributed by atoms with E-state index in [0.717, 1.165) is 6.07 Å². The van der Waals surface area contributed by atoms with Gasteiger partial charge < -0.3 is 15.2 Å². The minimum atomic E-state index is -4.56. The summed E-state index contributed by atoms with van der Waals surface area (Å²) in [6.45, 7) is 1.63. The summed E-state index contributed by atoms with van der Waals surface area (Å²) in [5.74, 6) is -0.0982. The second kappa shape index (κ2) is 5.47. The van der Waals surface area contributed by atoms with Crippen molar-refractivity contribution in [2.75, 3.05) is 17.7 Å². The molecule has 2 rings (SSSR count). The fourth-order valence-electron chi connectivity index (χ4n) is 1.86. The highest BCUT2D eigenvalue weighted by atomic mass is 19.4. The van der Waals surface area contributed by atoms with Crippen LogP contribution in [0.5, 0.6) is 0 Å². The van der Waals surface area contributed by atoms with E-state index in [1.807, 2.05) is 0 Å². The number of benzene rings is 1. The van der Waals surface area contributed by atoms with Crippen LogP contribution in [0, 0.1) is 6.92 Å². The topological polar surface area (TPSA) is 67.2 Å². The van der Waals surface area contributed by atoms with E-state index in [2.05, 4.69) is 15.8 Å². The van der Waals surface area contributed by atoms with E-state index in [1.165, 1.54) is 25.2 Å². The first kappa shape index (κ1) is 14.9. The van der Waals surface area contributed by atoms with Crippen molar-refractivity contribution in [3.63, 3.8) is 0 Å². The molecule has 2 aromatic rings. The fraction of sp³-hybridized carbons (Fsp3) is 0.231. The molecule has 0 atom stereocenters. The summed E-state index contributed by atoms with van der Waals surface area (Å²) in [6, 6.07) is 4.84. The maximum Gasteiger partial charge on any atom is 0.418 e. The first-order chi connectivity index (χ1) is 9.82. The van der Waals surface area contributed by atoms with Gasteiger partial charge in [0, 0.05) is 13.1 Å². The van der Waals surface area contributed by atoms with Crippen LogP contribution < -0.4 is 10.6 Å². The van der Waals surface area contributed by atoms with Gasteiger partial charge in [0.05, 0.1) is 16.8 Å². The standard InChI is InChI=1S/C13H12F3N3O2/c1-7-6-10(19-21-7)18-12(20)8-4-3-5-9(11(8)17-2)13(14,15)16/h3-6,17H,1-2H3,(H,18,19,20). The van der Waals surface area contributed by atoms with Crippen molar-refractivity contribution in [1.29, 1.82) is 0 Å². The number of para-hydroxylation sites is 1. The van der Waals surface area contributed by atoms with Gasteiger partial charge in [-0.2, -0.15) is 13.2 Å². The molecule has 112 valence electrons. The summed E-state index contributed by atoms with van der Waals surface area (Å²) >= 11 is 0. The molecule has 0 aliphatic rings. The Hall–Kier alpha value is -2.51. The number of carbonyl (C=O) groups is 1. The number of hydrogen-bond acceptors (Lipinski definition) is 4. The number of hydrogen-bond donors (Lipinski definition) is 2. The van der Waals surface area contributed by atoms with Gasteiger partial charge in [-0.05, 0) is 19.1 Å². The maximum atomic E-state index is 12.9. The molecule has 1 amide bonds. The van der Waals surface area contributed by atoms with Gasteiger partial charge in [0.15, 0.2) is 5.82 Å². The summed E-state index contributed by atoms with van der Waals surface area (Å²) in [7, 11) is 1.32. The monoisotopic (exact) mass is 299 g/mol. The number of anilines is 2. The van der Waals surface area contributed by atoms with Crippen LogP contribution in [0.1, 0.15) is 21.7 Å². The molecule has 8 heteroatoms. The first-order valence-corrected chi connectivity index (χ1v) is 5.95. The lowest BCUT2D eigenvalue weighted by molar-refractivity contribution is -0.136. The highest BCUT2D eigenvalue weighted by molar-refractivity contribution is 6.08. The molecule has 0 spiro atoms. The van der Waals surface area contributed by atoms with E-state index in [9.17, 15) is 18.0 Å². The van der Waals surface area contributed by atoms with Crippen LogP contribution in [-0.2, 0) is 6.18 Å². The average Bonchev–Trinajstić information content (AvgIpc) is 2.82. The van der Waals surface area contributed by atoms with Crippen molar-refractivity contribution in [3.8, 4) is 0 Å². The lowest BCUT2D eigenvalue weighted by atomic mass is 10.1. The van der Waals surface area contributed by atoms with E-state index in [0.29, 0.717) is 5.76 Å². The zero-order chi connectivity index (χ0) is 15.6. The SMILES string of the molecule is CNc1c(C(=O)Nc2cc(C)on2)cccc1C(F)(F)F. The number of amides is 1. The molecule has 1 heterocycles. The Labute approximate surface area is 118 Å². The number of aryl methyl sites for hydroxylation is 1. The van der Waals surface area contributed by atoms with Crippen LogP contribution in [0.25, 0.3) is 0 Å². The van der Waals surface area contributed by atoms with Crippen molar-refractivity contribution in [3.05, 3.63) is 41.2 Å². The summed E-state index contributed by atoms with van der Waals surface area (Å²) in [6.07, 6.45) is -4.56. The van der Waals surface area contributed by atoms with E-state index < -0.39 is 17.6 Å². The fourth-order valence-corrected chi connectivity index (χ4v) is 1.86. The van der Waals surface area contributed by atoms with E-state index in [4.69, 9.17) is 4.52 Å². The molecular weight excluding hydrogens is 287 g/mol. The van der Waals surface area contributed by atoms with Crippen LogP contribution in [0.15, 0.2) is 28.8 Å². The zero-order valence-electron chi connectivity index (χ0n) is 11.2. The molecule has 1 aromatic heterocycles. The van der Waals surface area contributed by atoms with E-state index in [-0.39, 0.29) is 17.1 Å². The number of alkyl halides is 3. The Balaban J connectivity index is 2.37. The van der Waals surface area contributed by atoms with Gasteiger partial charge in [-0.3, -0.25) is 4.79 Å². The van der Waals surface area contributed by atoms with Gasteiger partial charge >= 0.3 is 6.18 Å². The maximum absolute atomic E-state index is 12.9. The second-order valence-electron chi connectivity index (χ2n) is 4.25. The predicted molar refractivity (Wildman–Crippen MR) is 70.2 cm³/mol. The highest BCUT2D eigenvalue weighted by Gasteiger charge is 2.35. The molecule has 0 fully saturated rings. The summed E-state index contributed by atoms with van der Waals surface area (Å²) in [4.78, 5) is 12.1. The minimum absolute atomic E-state index is 0.132. The predicted octanol–water partition coefficient (Wildman–Crippen LogP) is 3.30. The zero-order valence-corrected chi connectivity index (χ0v) is 11.2. The van der Waals surface area contributed by atoms with Crippen LogP contribution >= 0.6 is 0 Å². The molecule has 0 saturated heterocycles. The van der Waals surface area contributed by atoms with Gasteiger partial charge in [-0.15, -0.1) is 0 Å². The minimum Gasteiger partial charge on any atom is -0.387 e. The molecule has 1 aromatic carbocycles. The molecule has 0 aliphatic carbocycles. The molecule has 0 bridgehead atoms. The Kier molecular flexibility index (Phi) is 3.88. The number of halogens is 3. The van der Waals surface area contributed by atoms with Crippen molar-refractivity contribution in [1.82, 2.24) is 5.16 Å². The van der Waals surface area contributed by atoms with Crippen LogP contribution in [0.2, 0.25) is 0 Å². The van der Waals surface area contributed by atoms with Gasteiger partial charge in [-0.1, -0.05) is 11.2 Å². The Morgan fingerprint density at radius 3 is 2.57 bits per heavy atom. The summed E-state index contributed by atoms with van der Waals surface area (Å²) < 4.78 is 43.5. The molecule has 2 N–H and O–H groups in total. The molecule has 0 saturated carbocycles. The van der Waals surface area contributed by atoms with Crippen molar-refractivity contribution in [2.24, 2.45) is 0 Å². The average molecular weight is 299 g/mol. The molecule has 0 unspecified atom stereocenters. The summed E-state index contributed by atoms with van der Waals surface area (Å²) in [5, 5.41) is 8.36. The van der Waals surface area contributed by atoms with E-state index >= 15 is 0 Å². The lowest BCUT2D eigenvalue weighted by Gasteiger charge is -2.15. The number of nitrogens with one attached hydrogen (secondary N) is 2. The number of rotatable bonds is 3. The third-order valence-electron chi connectivity index (χ3n) is 2.73. The smallest absolute Gasteiger partial charge is 0.387 e. The molecule has 21 heavy (non-hydrogen) atoms. The summed E-state index contributed by atoms with van der Waals surface area (Å²) in [5.41, 5.74) is -1.33. The third kappa shape index (κ3) is 3.15. The first-order valence-electron chi connectivity index (χ1n) is 5.95. The van der Waals surface area contributed by atoms with Crippen molar-refractivity contribution in [2.45, 2.75) is 13.1 Å². The van der Waals surface area contributed by atoms with Gasteiger partial charge in [0.2, 0.25) is 0 Å². The largest absolute Gasteiger partial charge is 0.418 e. The second-order valence-corrected chi connectivity index (χ2v) is 4.25. The van der Waals surface area contributed by atoms with Crippen LogP contribution in [0.3, 0.4) is 0 Å². The third-order valence-corrected chi connectivity index (χ3v) is 2.73. The highest BCUT2D eigenvalue weighted by Crippen LogP contribution is 2.36. The van der Waals surface area contributed by atoms with Gasteiger partial charge in [0.1, 0.15) is 5.76 Å². The quantitative estimate of drug-likeness (QED) is 0.912. The van der Waals surface area contributed by atoms with Gasteiger partial charge in [0.25, 0.3) is 5.91 Å². The van der Waals surface area contributed by atoms with Crippen LogP contribution in [0.4, 0.5) is 24.7 Å². The Bertz CT molecular complexity index is 665. The number of carbonyl (C=O) groups excluding carboxylic acids is 1. The number of aromatic nitrogens is 1. The van der Waals surface area contributed by atoms with Crippen molar-refractivity contribution < 1.29 is 22.5 Å². The number of nitrogens with zero attached hydrogens (tertiary/aromatic N) is 1. The van der Waals surface area contributed by atoms with E-state index in [1.54, 1.807) is 6.92 Å². The van der Waals surface area contributed by atoms with Crippen molar-refractivity contribution >= 4 is 17.4 Å². The molecule has 5 nitrogen and oxygen atoms in total. The normalized spacial score (nSPS) is 11.3. The molecular formula is C13H12F3N3O2.